The number of carboxylic acids is 1. The number of aromatic carboxylic acids is 1. The van der Waals surface area contributed by atoms with Crippen molar-refractivity contribution in [3.63, 3.8) is 0 Å². The highest BCUT2D eigenvalue weighted by Crippen LogP contribution is 2.32. The number of fused-ring (bicyclic) bond motifs is 1. The van der Waals surface area contributed by atoms with Crippen LogP contribution in [0.2, 0.25) is 5.02 Å². The molecule has 174 valence electrons. The molecule has 1 aromatic carbocycles. The summed E-state index contributed by atoms with van der Waals surface area (Å²) in [6.45, 7) is -0.178. The molecule has 2 N–H and O–H groups in total. The number of aliphatic hydroxyl groups is 1. The van der Waals surface area contributed by atoms with Gasteiger partial charge in [-0.05, 0) is 30.0 Å². The molecule has 1 aliphatic rings. The van der Waals surface area contributed by atoms with Crippen LogP contribution in [0.4, 0.5) is 4.39 Å². The lowest BCUT2D eigenvalue weighted by Gasteiger charge is -2.28. The second-order valence-electron chi connectivity index (χ2n) is 8.74. The first-order chi connectivity index (χ1) is 15.9. The van der Waals surface area contributed by atoms with Gasteiger partial charge in [-0.25, -0.2) is 9.18 Å². The Kier molecular flexibility index (Phi) is 7.10. The quantitative estimate of drug-likeness (QED) is 0.505. The lowest BCUT2D eigenvalue weighted by atomic mass is 9.85. The van der Waals surface area contributed by atoms with E-state index in [0.29, 0.717) is 29.1 Å². The number of hydrogen-bond donors (Lipinski definition) is 2. The van der Waals surface area contributed by atoms with Gasteiger partial charge in [0.1, 0.15) is 11.4 Å². The number of nitrogens with zero attached hydrogens (tertiary/aromatic N) is 2. The number of carbonyl (C=O) groups is 1. The second kappa shape index (κ2) is 10.0. The van der Waals surface area contributed by atoms with E-state index in [4.69, 9.17) is 11.6 Å². The number of benzene rings is 1. The van der Waals surface area contributed by atoms with Crippen LogP contribution in [0.3, 0.4) is 0 Å². The summed E-state index contributed by atoms with van der Waals surface area (Å²) < 4.78 is 16.0. The molecule has 4 rings (SSSR count). The molecule has 6 nitrogen and oxygen atoms in total. The lowest BCUT2D eigenvalue weighted by molar-refractivity contribution is 0.0694. The molecular formula is C25H26ClFN2O4. The van der Waals surface area contributed by atoms with Crippen LogP contribution >= 0.6 is 11.6 Å². The Morgan fingerprint density at radius 2 is 2.03 bits per heavy atom. The summed E-state index contributed by atoms with van der Waals surface area (Å²) in [5.74, 6) is -1.44. The van der Waals surface area contributed by atoms with Crippen LogP contribution in [-0.2, 0) is 6.42 Å². The van der Waals surface area contributed by atoms with Crippen molar-refractivity contribution in [3.8, 4) is 0 Å². The first kappa shape index (κ1) is 23.4. The minimum absolute atomic E-state index is 0.00249. The van der Waals surface area contributed by atoms with Crippen molar-refractivity contribution >= 4 is 28.5 Å². The molecule has 0 bridgehead atoms. The lowest BCUT2D eigenvalue weighted by Crippen LogP contribution is -2.25. The Hall–Kier alpha value is -2.77. The highest BCUT2D eigenvalue weighted by molar-refractivity contribution is 6.30. The largest absolute Gasteiger partial charge is 0.477 e. The van der Waals surface area contributed by atoms with Gasteiger partial charge in [-0.3, -0.25) is 9.78 Å². The molecule has 0 spiro atoms. The van der Waals surface area contributed by atoms with Gasteiger partial charge in [0.2, 0.25) is 5.43 Å². The summed E-state index contributed by atoms with van der Waals surface area (Å²) in [4.78, 5) is 29.2. The number of hydrogen-bond acceptors (Lipinski definition) is 4. The van der Waals surface area contributed by atoms with Gasteiger partial charge >= 0.3 is 5.97 Å². The van der Waals surface area contributed by atoms with E-state index in [1.807, 2.05) is 0 Å². The number of halogens is 2. The van der Waals surface area contributed by atoms with Gasteiger partial charge in [-0.15, -0.1) is 0 Å². The van der Waals surface area contributed by atoms with Crippen molar-refractivity contribution in [2.45, 2.75) is 51.0 Å². The number of aromatic nitrogens is 2. The SMILES string of the molecule is O=C(O)c1cn([C@H](CO)CC2CCCCC2)c2cnc(Cc3cccc(Cl)c3F)cc2c1=O. The van der Waals surface area contributed by atoms with E-state index in [-0.39, 0.29) is 35.0 Å². The van der Waals surface area contributed by atoms with Crippen LogP contribution in [0.5, 0.6) is 0 Å². The van der Waals surface area contributed by atoms with E-state index in [1.54, 1.807) is 16.7 Å². The van der Waals surface area contributed by atoms with Crippen molar-refractivity contribution in [2.24, 2.45) is 5.92 Å². The van der Waals surface area contributed by atoms with Gasteiger partial charge in [-0.2, -0.15) is 0 Å². The average molecular weight is 473 g/mol. The number of rotatable bonds is 7. The normalized spacial score (nSPS) is 15.6. The molecule has 2 aromatic heterocycles. The van der Waals surface area contributed by atoms with Crippen LogP contribution in [0, 0.1) is 11.7 Å². The zero-order chi connectivity index (χ0) is 23.5. The first-order valence-electron chi connectivity index (χ1n) is 11.2. The van der Waals surface area contributed by atoms with Gasteiger partial charge in [0.05, 0.1) is 29.4 Å². The molecule has 0 aliphatic heterocycles. The molecule has 8 heteroatoms. The van der Waals surface area contributed by atoms with Crippen molar-refractivity contribution in [1.29, 1.82) is 0 Å². The Labute approximate surface area is 195 Å². The van der Waals surface area contributed by atoms with Crippen molar-refractivity contribution in [3.05, 3.63) is 74.5 Å². The van der Waals surface area contributed by atoms with Crippen LogP contribution in [0.25, 0.3) is 10.9 Å². The topological polar surface area (TPSA) is 92.4 Å². The monoisotopic (exact) mass is 472 g/mol. The fourth-order valence-electron chi connectivity index (χ4n) is 4.81. The van der Waals surface area contributed by atoms with Crippen LogP contribution in [0.15, 0.2) is 41.5 Å². The predicted octanol–water partition coefficient (Wildman–Crippen LogP) is 4.98. The molecule has 0 radical (unpaired) electrons. The van der Waals surface area contributed by atoms with Gasteiger partial charge in [0.15, 0.2) is 0 Å². The molecule has 0 saturated heterocycles. The maximum atomic E-state index is 14.4. The van der Waals surface area contributed by atoms with E-state index >= 15 is 0 Å². The van der Waals surface area contributed by atoms with Crippen molar-refractivity contribution in [2.75, 3.05) is 6.61 Å². The van der Waals surface area contributed by atoms with Gasteiger partial charge < -0.3 is 14.8 Å². The Morgan fingerprint density at radius 3 is 2.73 bits per heavy atom. The summed E-state index contributed by atoms with van der Waals surface area (Å²) in [6.07, 6.45) is 9.29. The third-order valence-corrected chi connectivity index (χ3v) is 6.83. The van der Waals surface area contributed by atoms with Crippen molar-refractivity contribution < 1.29 is 19.4 Å². The van der Waals surface area contributed by atoms with Gasteiger partial charge in [0, 0.05) is 23.7 Å². The fourth-order valence-corrected chi connectivity index (χ4v) is 5.00. The van der Waals surface area contributed by atoms with Crippen LogP contribution < -0.4 is 5.43 Å². The summed E-state index contributed by atoms with van der Waals surface area (Å²) in [5.41, 5.74) is 0.210. The maximum absolute atomic E-state index is 14.4. The Balaban J connectivity index is 1.78. The minimum atomic E-state index is -1.33. The second-order valence-corrected chi connectivity index (χ2v) is 9.15. The summed E-state index contributed by atoms with van der Waals surface area (Å²) in [7, 11) is 0. The zero-order valence-corrected chi connectivity index (χ0v) is 18.9. The molecule has 1 aliphatic carbocycles. The molecule has 1 fully saturated rings. The first-order valence-corrected chi connectivity index (χ1v) is 11.6. The molecular weight excluding hydrogens is 447 g/mol. The van der Waals surface area contributed by atoms with E-state index < -0.39 is 17.2 Å². The third kappa shape index (κ3) is 4.94. The van der Waals surface area contributed by atoms with Gasteiger partial charge in [-0.1, -0.05) is 55.8 Å². The summed E-state index contributed by atoms with van der Waals surface area (Å²) >= 11 is 5.87. The molecule has 2 heterocycles. The molecule has 33 heavy (non-hydrogen) atoms. The van der Waals surface area contributed by atoms with Crippen LogP contribution in [-0.4, -0.2) is 32.3 Å². The number of carboxylic acid groups (broad SMARTS) is 1. The summed E-state index contributed by atoms with van der Waals surface area (Å²) in [5, 5.41) is 20.0. The standard InChI is InChI=1S/C25H26ClFN2O4/c26-21-8-4-7-16(23(21)27)10-17-11-19-22(12-28-17)29(13-20(24(19)31)25(32)33)18(14-30)9-15-5-2-1-3-6-15/h4,7-8,11-13,15,18,30H,1-3,5-6,9-10,14H2,(H,32,33)/t18-/m0/s1. The van der Waals surface area contributed by atoms with Gasteiger partial charge in [0.25, 0.3) is 0 Å². The molecule has 0 amide bonds. The van der Waals surface area contributed by atoms with E-state index in [0.717, 1.165) is 25.7 Å². The third-order valence-electron chi connectivity index (χ3n) is 6.54. The summed E-state index contributed by atoms with van der Waals surface area (Å²) in [6, 6.07) is 5.82. The van der Waals surface area contributed by atoms with E-state index in [2.05, 4.69) is 4.98 Å². The molecule has 0 unspecified atom stereocenters. The minimum Gasteiger partial charge on any atom is -0.477 e. The number of aliphatic hydroxyl groups excluding tert-OH is 1. The van der Waals surface area contributed by atoms with E-state index in [9.17, 15) is 24.2 Å². The molecule has 1 saturated carbocycles. The average Bonchev–Trinajstić information content (AvgIpc) is 2.81. The number of pyridine rings is 2. The molecule has 1 atom stereocenters. The Bertz CT molecular complexity index is 1240. The fraction of sp³-hybridized carbons (Fsp3) is 0.400. The highest BCUT2D eigenvalue weighted by Gasteiger charge is 2.23. The predicted molar refractivity (Wildman–Crippen MR) is 124 cm³/mol. The smallest absolute Gasteiger partial charge is 0.341 e. The Morgan fingerprint density at radius 1 is 1.27 bits per heavy atom. The van der Waals surface area contributed by atoms with E-state index in [1.165, 1.54) is 30.9 Å². The maximum Gasteiger partial charge on any atom is 0.341 e. The zero-order valence-electron chi connectivity index (χ0n) is 18.1. The highest BCUT2D eigenvalue weighted by atomic mass is 35.5. The van der Waals surface area contributed by atoms with Crippen molar-refractivity contribution in [1.82, 2.24) is 9.55 Å². The van der Waals surface area contributed by atoms with Crippen LogP contribution in [0.1, 0.15) is 66.2 Å². The molecule has 3 aromatic rings.